The number of imidazole rings is 1. The topological polar surface area (TPSA) is 90.5 Å². The number of aromatic amines is 1. The van der Waals surface area contributed by atoms with Gasteiger partial charge in [-0.1, -0.05) is 26.0 Å². The van der Waals surface area contributed by atoms with Crippen LogP contribution in [0.3, 0.4) is 0 Å². The van der Waals surface area contributed by atoms with E-state index in [0.717, 1.165) is 74.2 Å². The van der Waals surface area contributed by atoms with Crippen molar-refractivity contribution >= 4 is 17.1 Å². The van der Waals surface area contributed by atoms with Crippen LogP contribution in [0.2, 0.25) is 0 Å². The smallest absolute Gasteiger partial charge is 0.416 e. The number of alkyl halides is 3. The number of amides is 1. The van der Waals surface area contributed by atoms with Crippen LogP contribution in [-0.4, -0.2) is 79.8 Å². The first-order chi connectivity index (χ1) is 22.1. The van der Waals surface area contributed by atoms with Crippen molar-refractivity contribution in [3.05, 3.63) is 76.5 Å². The number of nitrogens with one attached hydrogen (secondary N) is 1. The Hall–Kier alpha value is -4.03. The number of aromatic nitrogens is 4. The molecule has 1 aromatic carbocycles. The standard InChI is InChI=1S/C34H38F3N7O2/c1-3-42-10-12-43(13-11-42)19-24-5-4-22(14-27(24)34(35,36)37)15-29(45)44-18-21(2)30-25(20-44)16-26(17-39-30)46-28-8-9-38-33-31(28)40-32(41-33)23-6-7-23/h4-5,8-9,14,16-17,21,23H,3,6-7,10-13,15,18-20H2,1-2H3,(H,38,40,41). The molecule has 242 valence electrons. The van der Waals surface area contributed by atoms with Gasteiger partial charge < -0.3 is 19.5 Å². The van der Waals surface area contributed by atoms with Crippen molar-refractivity contribution < 1.29 is 22.7 Å². The molecule has 1 amide bonds. The Morgan fingerprint density at radius 3 is 2.59 bits per heavy atom. The van der Waals surface area contributed by atoms with E-state index >= 15 is 0 Å². The summed E-state index contributed by atoms with van der Waals surface area (Å²) in [7, 11) is 0. The largest absolute Gasteiger partial charge is 0.453 e. The second kappa shape index (κ2) is 12.3. The van der Waals surface area contributed by atoms with Crippen LogP contribution in [-0.2, 0) is 30.5 Å². The zero-order valence-electron chi connectivity index (χ0n) is 26.1. The first kappa shape index (κ1) is 30.6. The third kappa shape index (κ3) is 6.46. The van der Waals surface area contributed by atoms with Crippen molar-refractivity contribution in [1.82, 2.24) is 34.6 Å². The summed E-state index contributed by atoms with van der Waals surface area (Å²) >= 11 is 0. The number of hydrogen-bond donors (Lipinski definition) is 1. The lowest BCUT2D eigenvalue weighted by atomic mass is 9.95. The Kier molecular flexibility index (Phi) is 8.18. The minimum Gasteiger partial charge on any atom is -0.453 e. The van der Waals surface area contributed by atoms with E-state index < -0.39 is 11.7 Å². The molecule has 4 aromatic rings. The third-order valence-electron chi connectivity index (χ3n) is 9.36. The van der Waals surface area contributed by atoms with Crippen LogP contribution < -0.4 is 4.74 Å². The van der Waals surface area contributed by atoms with Crippen LogP contribution >= 0.6 is 0 Å². The van der Waals surface area contributed by atoms with Gasteiger partial charge in [-0.25, -0.2) is 9.97 Å². The van der Waals surface area contributed by atoms with Crippen LogP contribution in [0.25, 0.3) is 11.2 Å². The molecule has 2 fully saturated rings. The van der Waals surface area contributed by atoms with Crippen LogP contribution in [0, 0.1) is 0 Å². The SMILES string of the molecule is CCN1CCN(Cc2ccc(CC(=O)N3Cc4cc(Oc5ccnc6nc(C7CC7)[nH]c56)cnc4C(C)C3)cc2C(F)(F)F)CC1. The fourth-order valence-electron chi connectivity index (χ4n) is 6.60. The monoisotopic (exact) mass is 633 g/mol. The highest BCUT2D eigenvalue weighted by atomic mass is 19.4. The quantitative estimate of drug-likeness (QED) is 0.260. The van der Waals surface area contributed by atoms with Crippen LogP contribution in [0.4, 0.5) is 13.2 Å². The van der Waals surface area contributed by atoms with E-state index in [1.165, 1.54) is 0 Å². The lowest BCUT2D eigenvalue weighted by Gasteiger charge is -2.34. The normalized spacial score (nSPS) is 19.4. The Bertz CT molecular complexity index is 1740. The van der Waals surface area contributed by atoms with Gasteiger partial charge in [-0.05, 0) is 48.2 Å². The molecule has 12 heteroatoms. The molecule has 1 N–H and O–H groups in total. The molecule has 3 aliphatic rings. The lowest BCUT2D eigenvalue weighted by molar-refractivity contribution is -0.138. The minimum atomic E-state index is -4.50. The van der Waals surface area contributed by atoms with Gasteiger partial charge in [0.1, 0.15) is 17.1 Å². The second-order valence-corrected chi connectivity index (χ2v) is 12.8. The number of ether oxygens (including phenoxy) is 1. The molecule has 7 rings (SSSR count). The number of hydrogen-bond acceptors (Lipinski definition) is 7. The Labute approximate surface area is 265 Å². The number of pyridine rings is 2. The molecule has 0 bridgehead atoms. The number of carbonyl (C=O) groups is 1. The number of halogens is 3. The van der Waals surface area contributed by atoms with Gasteiger partial charge in [-0.2, -0.15) is 13.2 Å². The second-order valence-electron chi connectivity index (χ2n) is 12.8. The molecule has 1 saturated carbocycles. The molecule has 1 saturated heterocycles. The number of rotatable bonds is 8. The van der Waals surface area contributed by atoms with Gasteiger partial charge in [0.15, 0.2) is 11.4 Å². The Balaban J connectivity index is 1.05. The third-order valence-corrected chi connectivity index (χ3v) is 9.36. The predicted molar refractivity (Wildman–Crippen MR) is 167 cm³/mol. The molecule has 0 spiro atoms. The van der Waals surface area contributed by atoms with Crippen LogP contribution in [0.5, 0.6) is 11.5 Å². The van der Waals surface area contributed by atoms with E-state index in [0.29, 0.717) is 41.7 Å². The summed E-state index contributed by atoms with van der Waals surface area (Å²) in [5.74, 6) is 2.23. The van der Waals surface area contributed by atoms with Crippen LogP contribution in [0.1, 0.15) is 72.3 Å². The molecule has 2 aliphatic heterocycles. The van der Waals surface area contributed by atoms with E-state index in [1.54, 1.807) is 35.5 Å². The van der Waals surface area contributed by atoms with E-state index in [2.05, 4.69) is 36.7 Å². The lowest BCUT2D eigenvalue weighted by Crippen LogP contribution is -2.45. The number of H-pyrrole nitrogens is 1. The number of nitrogens with zero attached hydrogens (tertiary/aromatic N) is 6. The van der Waals surface area contributed by atoms with Crippen molar-refractivity contribution in [2.24, 2.45) is 0 Å². The highest BCUT2D eigenvalue weighted by Crippen LogP contribution is 2.40. The predicted octanol–water partition coefficient (Wildman–Crippen LogP) is 5.87. The van der Waals surface area contributed by atoms with Crippen LogP contribution in [0.15, 0.2) is 42.7 Å². The summed E-state index contributed by atoms with van der Waals surface area (Å²) in [5, 5.41) is 0. The van der Waals surface area contributed by atoms with Crippen molar-refractivity contribution in [3.8, 4) is 11.5 Å². The molecule has 1 atom stereocenters. The summed E-state index contributed by atoms with van der Waals surface area (Å²) in [5.41, 5.74) is 3.02. The Morgan fingerprint density at radius 1 is 1.07 bits per heavy atom. The first-order valence-corrected chi connectivity index (χ1v) is 16.1. The molecule has 3 aromatic heterocycles. The minimum absolute atomic E-state index is 0.0376. The molecular formula is C34H38F3N7O2. The van der Waals surface area contributed by atoms with Gasteiger partial charge in [0.2, 0.25) is 5.91 Å². The summed E-state index contributed by atoms with van der Waals surface area (Å²) in [6, 6.07) is 8.03. The van der Waals surface area contributed by atoms with Crippen molar-refractivity contribution in [1.29, 1.82) is 0 Å². The van der Waals surface area contributed by atoms with Gasteiger partial charge >= 0.3 is 6.18 Å². The highest BCUT2D eigenvalue weighted by molar-refractivity contribution is 5.80. The molecule has 5 heterocycles. The summed E-state index contributed by atoms with van der Waals surface area (Å²) in [6.45, 7) is 9.19. The maximum atomic E-state index is 14.2. The number of likely N-dealkylation sites (N-methyl/N-ethyl adjacent to an activating group) is 1. The van der Waals surface area contributed by atoms with Crippen molar-refractivity contribution in [3.63, 3.8) is 0 Å². The fraction of sp³-hybridized carbons (Fsp3) is 0.471. The molecule has 46 heavy (non-hydrogen) atoms. The van der Waals surface area contributed by atoms with Gasteiger partial charge in [0, 0.05) is 69.9 Å². The zero-order valence-corrected chi connectivity index (χ0v) is 26.1. The van der Waals surface area contributed by atoms with E-state index in [-0.39, 0.29) is 30.4 Å². The summed E-state index contributed by atoms with van der Waals surface area (Å²) in [4.78, 5) is 36.5. The first-order valence-electron chi connectivity index (χ1n) is 16.1. The van der Waals surface area contributed by atoms with E-state index in [4.69, 9.17) is 4.74 Å². The molecule has 0 radical (unpaired) electrons. The van der Waals surface area contributed by atoms with E-state index in [9.17, 15) is 18.0 Å². The molecule has 1 aliphatic carbocycles. The maximum Gasteiger partial charge on any atom is 0.416 e. The fourth-order valence-corrected chi connectivity index (χ4v) is 6.60. The number of piperazine rings is 1. The zero-order chi connectivity index (χ0) is 32.0. The number of fused-ring (bicyclic) bond motifs is 2. The molecular weight excluding hydrogens is 595 g/mol. The average Bonchev–Trinajstić information content (AvgIpc) is 3.79. The number of carbonyl (C=O) groups excluding carboxylic acids is 1. The number of benzene rings is 1. The maximum absolute atomic E-state index is 14.2. The average molecular weight is 634 g/mol. The van der Waals surface area contributed by atoms with E-state index in [1.807, 2.05) is 13.0 Å². The summed E-state index contributed by atoms with van der Waals surface area (Å²) in [6.07, 6.45) is 0.960. The molecule has 9 nitrogen and oxygen atoms in total. The molecule has 1 unspecified atom stereocenters. The highest BCUT2D eigenvalue weighted by Gasteiger charge is 2.35. The summed E-state index contributed by atoms with van der Waals surface area (Å²) < 4.78 is 48.8. The van der Waals surface area contributed by atoms with Gasteiger partial charge in [0.25, 0.3) is 0 Å². The van der Waals surface area contributed by atoms with Gasteiger partial charge in [-0.15, -0.1) is 0 Å². The Morgan fingerprint density at radius 2 is 1.85 bits per heavy atom. The van der Waals surface area contributed by atoms with Gasteiger partial charge in [0.05, 0.1) is 23.9 Å². The van der Waals surface area contributed by atoms with Gasteiger partial charge in [-0.3, -0.25) is 14.7 Å². The van der Waals surface area contributed by atoms with Crippen molar-refractivity contribution in [2.75, 3.05) is 39.3 Å². The van der Waals surface area contributed by atoms with Crippen molar-refractivity contribution in [2.45, 2.75) is 64.2 Å².